The van der Waals surface area contributed by atoms with Gasteiger partial charge in [0.25, 0.3) is 0 Å². The van der Waals surface area contributed by atoms with E-state index in [1.54, 1.807) is 0 Å². The van der Waals surface area contributed by atoms with E-state index in [4.69, 9.17) is 0 Å². The zero-order valence-electron chi connectivity index (χ0n) is 20.5. The number of hydrogen-bond donors (Lipinski definition) is 0. The third kappa shape index (κ3) is 39.6. The third-order valence-corrected chi connectivity index (χ3v) is 3.77. The molecule has 0 aromatic heterocycles. The van der Waals surface area contributed by atoms with Crippen LogP contribution in [0.4, 0.5) is 0 Å². The summed E-state index contributed by atoms with van der Waals surface area (Å²) in [5.74, 6) is 0.154. The second-order valence-corrected chi connectivity index (χ2v) is 7.56. The minimum Gasteiger partial charge on any atom is -0.300 e. The Morgan fingerprint density at radius 2 is 0.645 bits per heavy atom. The van der Waals surface area contributed by atoms with E-state index in [0.717, 1.165) is 38.5 Å². The van der Waals surface area contributed by atoms with E-state index < -0.39 is 0 Å². The van der Waals surface area contributed by atoms with Crippen molar-refractivity contribution in [2.45, 2.75) is 119 Å². The number of carbonyl (C=O) groups is 6. The number of hydrogen-bond acceptors (Lipinski definition) is 6. The van der Waals surface area contributed by atoms with Crippen LogP contribution in [0.5, 0.6) is 0 Å². The molecule has 0 N–H and O–H groups in total. The number of unbranched alkanes of at least 4 members (excludes halogenated alkanes) is 3. The lowest BCUT2D eigenvalue weighted by atomic mass is 10.1. The monoisotopic (exact) mass is 453 g/mol. The molecule has 0 aliphatic rings. The molecule has 0 aliphatic carbocycles. The second kappa shape index (κ2) is 26.6. The first-order valence-corrected chi connectivity index (χ1v) is 11.0. The van der Waals surface area contributed by atoms with Gasteiger partial charge in [-0.1, -0.05) is 40.0 Å². The Morgan fingerprint density at radius 3 is 0.774 bits per heavy atom. The molecule has 0 saturated heterocycles. The van der Waals surface area contributed by atoms with Crippen molar-refractivity contribution < 1.29 is 28.8 Å². The highest BCUT2D eigenvalue weighted by atomic mass is 27.0. The van der Waals surface area contributed by atoms with Crippen LogP contribution >= 0.6 is 0 Å². The molecule has 0 rings (SSSR count). The third-order valence-electron chi connectivity index (χ3n) is 3.77. The summed E-state index contributed by atoms with van der Waals surface area (Å²) in [6.07, 6.45) is 7.85. The molecule has 0 unspecified atom stereocenters. The molecule has 0 atom stereocenters. The van der Waals surface area contributed by atoms with E-state index in [9.17, 15) is 28.8 Å². The van der Waals surface area contributed by atoms with Gasteiger partial charge < -0.3 is 0 Å². The van der Waals surface area contributed by atoms with Gasteiger partial charge in [0, 0.05) is 36.6 Å². The Bertz CT molecular complexity index is 464. The first-order chi connectivity index (χ1) is 14.0. The summed E-state index contributed by atoms with van der Waals surface area (Å²) in [6.45, 7) is 10.4. The van der Waals surface area contributed by atoms with Gasteiger partial charge in [-0.2, -0.15) is 0 Å². The van der Waals surface area contributed by atoms with E-state index in [2.05, 4.69) is 0 Å². The van der Waals surface area contributed by atoms with E-state index in [0.29, 0.717) is 19.3 Å². The molecular formula is C24H42AlO6. The summed E-state index contributed by atoms with van der Waals surface area (Å²) in [6, 6.07) is 0. The van der Waals surface area contributed by atoms with Crippen molar-refractivity contribution in [3.63, 3.8) is 0 Å². The van der Waals surface area contributed by atoms with Crippen LogP contribution in [0.15, 0.2) is 0 Å². The van der Waals surface area contributed by atoms with Crippen LogP contribution < -0.4 is 0 Å². The molecule has 0 amide bonds. The van der Waals surface area contributed by atoms with Crippen molar-refractivity contribution in [1.29, 1.82) is 0 Å². The Kier molecular flexibility index (Phi) is 31.6. The summed E-state index contributed by atoms with van der Waals surface area (Å²) < 4.78 is 0. The first kappa shape index (κ1) is 36.9. The Labute approximate surface area is 199 Å². The summed E-state index contributed by atoms with van der Waals surface area (Å²) in [5, 5.41) is 0. The second-order valence-electron chi connectivity index (χ2n) is 7.56. The van der Waals surface area contributed by atoms with Crippen molar-refractivity contribution in [2.24, 2.45) is 0 Å². The minimum absolute atomic E-state index is 0. The molecule has 0 fully saturated rings. The lowest BCUT2D eigenvalue weighted by molar-refractivity contribution is -0.127. The Morgan fingerprint density at radius 1 is 0.452 bits per heavy atom. The van der Waals surface area contributed by atoms with Crippen LogP contribution in [0.25, 0.3) is 0 Å². The fraction of sp³-hybridized carbons (Fsp3) is 0.750. The molecule has 177 valence electrons. The van der Waals surface area contributed by atoms with Crippen LogP contribution in [0.1, 0.15) is 119 Å². The number of ketones is 6. The summed E-state index contributed by atoms with van der Waals surface area (Å²) in [4.78, 5) is 63.6. The predicted octanol–water partition coefficient (Wildman–Crippen LogP) is 4.79. The van der Waals surface area contributed by atoms with Crippen molar-refractivity contribution in [3.05, 3.63) is 0 Å². The fourth-order valence-corrected chi connectivity index (χ4v) is 2.22. The quantitative estimate of drug-likeness (QED) is 0.261. The first-order valence-electron chi connectivity index (χ1n) is 11.0. The lowest BCUT2D eigenvalue weighted by Crippen LogP contribution is -2.03. The molecular weight excluding hydrogens is 411 g/mol. The molecule has 6 nitrogen and oxygen atoms in total. The van der Waals surface area contributed by atoms with Crippen LogP contribution in [0.2, 0.25) is 0 Å². The summed E-state index contributed by atoms with van der Waals surface area (Å²) in [7, 11) is 0. The molecule has 0 heterocycles. The molecule has 0 aromatic rings. The highest BCUT2D eigenvalue weighted by molar-refractivity contribution is 5.98. The molecule has 7 heteroatoms. The van der Waals surface area contributed by atoms with Crippen molar-refractivity contribution in [2.75, 3.05) is 0 Å². The van der Waals surface area contributed by atoms with Gasteiger partial charge in [-0.15, -0.1) is 0 Å². The normalized spacial score (nSPS) is 9.10. The maximum Gasteiger partial charge on any atom is 0.140 e. The Hall–Kier alpha value is -1.45. The van der Waals surface area contributed by atoms with Gasteiger partial charge in [0.2, 0.25) is 0 Å². The van der Waals surface area contributed by atoms with Gasteiger partial charge in [0.1, 0.15) is 34.7 Å². The largest absolute Gasteiger partial charge is 0.300 e. The van der Waals surface area contributed by atoms with E-state index in [1.165, 1.54) is 20.8 Å². The van der Waals surface area contributed by atoms with E-state index >= 15 is 0 Å². The highest BCUT2D eigenvalue weighted by Crippen LogP contribution is 1.99. The molecule has 31 heavy (non-hydrogen) atoms. The van der Waals surface area contributed by atoms with Crippen LogP contribution in [0, 0.1) is 0 Å². The standard InChI is InChI=1S/3C8H14O2.Al/c3*1-3-4-5-8(10)6-7(2)9;/h3*3-6H2,1-2H3;. The minimum atomic E-state index is -0.0268. The molecule has 0 bridgehead atoms. The van der Waals surface area contributed by atoms with Gasteiger partial charge in [-0.3, -0.25) is 28.8 Å². The van der Waals surface area contributed by atoms with Crippen molar-refractivity contribution in [1.82, 2.24) is 0 Å². The van der Waals surface area contributed by atoms with Gasteiger partial charge >= 0.3 is 0 Å². The molecule has 0 aliphatic heterocycles. The maximum absolute atomic E-state index is 10.8. The van der Waals surface area contributed by atoms with Gasteiger partial charge in [0.05, 0.1) is 19.3 Å². The summed E-state index contributed by atoms with van der Waals surface area (Å²) >= 11 is 0. The smallest absolute Gasteiger partial charge is 0.140 e. The van der Waals surface area contributed by atoms with Gasteiger partial charge in [-0.05, 0) is 40.0 Å². The number of Topliss-reactive ketones (excluding diaryl/α,β-unsaturated/α-hetero) is 6. The average molecular weight is 454 g/mol. The van der Waals surface area contributed by atoms with E-state index in [-0.39, 0.29) is 71.3 Å². The SMILES string of the molecule is CCCCC(=O)CC(C)=O.CCCCC(=O)CC(C)=O.CCCCC(=O)CC(C)=O.[Al]. The van der Waals surface area contributed by atoms with Crippen LogP contribution in [-0.2, 0) is 28.8 Å². The zero-order chi connectivity index (χ0) is 23.9. The molecule has 0 saturated carbocycles. The maximum atomic E-state index is 10.8. The Balaban J connectivity index is -0.000000174. The molecule has 0 spiro atoms. The van der Waals surface area contributed by atoms with Gasteiger partial charge in [-0.25, -0.2) is 0 Å². The average Bonchev–Trinajstić information content (AvgIpc) is 2.62. The van der Waals surface area contributed by atoms with Crippen LogP contribution in [-0.4, -0.2) is 52.1 Å². The summed E-state index contributed by atoms with van der Waals surface area (Å²) in [5.41, 5.74) is 0. The molecule has 3 radical (unpaired) electrons. The lowest BCUT2D eigenvalue weighted by Gasteiger charge is -1.93. The van der Waals surface area contributed by atoms with Gasteiger partial charge in [0.15, 0.2) is 0 Å². The number of carbonyl (C=O) groups excluding carboxylic acids is 6. The highest BCUT2D eigenvalue weighted by Gasteiger charge is 2.04. The zero-order valence-corrected chi connectivity index (χ0v) is 21.7. The predicted molar refractivity (Wildman–Crippen MR) is 125 cm³/mol. The van der Waals surface area contributed by atoms with Crippen molar-refractivity contribution >= 4 is 52.1 Å². The van der Waals surface area contributed by atoms with Crippen LogP contribution in [0.3, 0.4) is 0 Å². The van der Waals surface area contributed by atoms with Crippen molar-refractivity contribution in [3.8, 4) is 0 Å². The number of rotatable bonds is 15. The topological polar surface area (TPSA) is 102 Å². The van der Waals surface area contributed by atoms with E-state index in [1.807, 2.05) is 20.8 Å². The molecule has 0 aromatic carbocycles. The fourth-order valence-electron chi connectivity index (χ4n) is 2.22.